The number of nitrogens with zero attached hydrogens (tertiary/aromatic N) is 1. The predicted octanol–water partition coefficient (Wildman–Crippen LogP) is 13.5. The number of para-hydroxylation sites is 2. The second-order valence-electron chi connectivity index (χ2n) is 15.9. The van der Waals surface area contributed by atoms with E-state index in [1.165, 1.54) is 105 Å². The van der Waals surface area contributed by atoms with Gasteiger partial charge in [0.2, 0.25) is 0 Å². The standard InChI is InChI=1S/C56H35N/c1-3-17-37(18-4-1)55-45-26-10-7-21-40(45)42-25-16-31-50(54(42)55)56(48-29-13-12-28-47(48)55)46-27-11-8-23-43(46)53-39(24-15-30-49(53)56)36-33-34-52-44(35-36)41-22-9-14-32-51(41)57(52)38-19-5-2-6-20-38/h1-35H. The van der Waals surface area contributed by atoms with Crippen LogP contribution in [0.3, 0.4) is 0 Å². The fourth-order valence-corrected chi connectivity index (χ4v) is 11.5. The lowest BCUT2D eigenvalue weighted by molar-refractivity contribution is 0.636. The van der Waals surface area contributed by atoms with Gasteiger partial charge < -0.3 is 4.57 Å². The molecule has 9 aromatic carbocycles. The summed E-state index contributed by atoms with van der Waals surface area (Å²) in [6.45, 7) is 0. The summed E-state index contributed by atoms with van der Waals surface area (Å²) < 4.78 is 2.40. The Labute approximate surface area is 331 Å². The van der Waals surface area contributed by atoms with Crippen molar-refractivity contribution in [3.05, 3.63) is 257 Å². The lowest BCUT2D eigenvalue weighted by Gasteiger charge is -2.48. The average Bonchev–Trinajstić information content (AvgIpc) is 3.90. The minimum Gasteiger partial charge on any atom is -0.309 e. The molecule has 10 aromatic rings. The Bertz CT molecular complexity index is 3300. The largest absolute Gasteiger partial charge is 0.309 e. The van der Waals surface area contributed by atoms with Gasteiger partial charge in [-0.1, -0.05) is 182 Å². The zero-order valence-electron chi connectivity index (χ0n) is 31.2. The molecule has 2 atom stereocenters. The molecule has 57 heavy (non-hydrogen) atoms. The highest BCUT2D eigenvalue weighted by Crippen LogP contribution is 2.69. The summed E-state index contributed by atoms with van der Waals surface area (Å²) in [6, 6.07) is 79.9. The maximum absolute atomic E-state index is 2.45. The number of aromatic nitrogens is 1. The summed E-state index contributed by atoms with van der Waals surface area (Å²) in [5.41, 5.74) is 21.4. The van der Waals surface area contributed by atoms with Crippen molar-refractivity contribution < 1.29 is 0 Å². The van der Waals surface area contributed by atoms with Crippen molar-refractivity contribution in [1.29, 1.82) is 0 Å². The second-order valence-corrected chi connectivity index (χ2v) is 15.9. The molecule has 1 heterocycles. The van der Waals surface area contributed by atoms with Crippen LogP contribution in [-0.4, -0.2) is 4.57 Å². The number of benzene rings is 9. The zero-order chi connectivity index (χ0) is 37.3. The van der Waals surface area contributed by atoms with E-state index in [2.05, 4.69) is 217 Å². The second kappa shape index (κ2) is 11.2. The molecule has 0 bridgehead atoms. The zero-order valence-corrected chi connectivity index (χ0v) is 31.2. The minimum absolute atomic E-state index is 0.446. The first-order valence-corrected chi connectivity index (χ1v) is 20.0. The highest BCUT2D eigenvalue weighted by Gasteiger charge is 2.59. The monoisotopic (exact) mass is 721 g/mol. The van der Waals surface area contributed by atoms with Gasteiger partial charge in [-0.15, -0.1) is 0 Å². The van der Waals surface area contributed by atoms with Gasteiger partial charge in [0.1, 0.15) is 0 Å². The van der Waals surface area contributed by atoms with Gasteiger partial charge >= 0.3 is 0 Å². The maximum Gasteiger partial charge on any atom is 0.0720 e. The SMILES string of the molecule is c1ccc(-n2c3ccccc3c3cc(-c4cccc5c4-c4ccccc4C54c5ccccc5C5(c6ccccc6)c6ccccc6-c6cccc4c65)ccc32)cc1. The summed E-state index contributed by atoms with van der Waals surface area (Å²) in [4.78, 5) is 0. The van der Waals surface area contributed by atoms with Crippen LogP contribution in [0.25, 0.3) is 60.9 Å². The topological polar surface area (TPSA) is 4.93 Å². The van der Waals surface area contributed by atoms with Gasteiger partial charge in [0.15, 0.2) is 0 Å². The molecule has 3 aliphatic rings. The third-order valence-electron chi connectivity index (χ3n) is 13.5. The summed E-state index contributed by atoms with van der Waals surface area (Å²) in [6.07, 6.45) is 0. The molecule has 0 aliphatic heterocycles. The van der Waals surface area contributed by atoms with Crippen LogP contribution in [0.4, 0.5) is 0 Å². The third kappa shape index (κ3) is 3.70. The molecule has 264 valence electrons. The Balaban J connectivity index is 1.14. The number of hydrogen-bond acceptors (Lipinski definition) is 0. The van der Waals surface area contributed by atoms with Crippen molar-refractivity contribution >= 4 is 21.8 Å². The molecule has 2 unspecified atom stereocenters. The normalized spacial score (nSPS) is 18.0. The number of hydrogen-bond donors (Lipinski definition) is 0. The molecule has 1 heteroatoms. The van der Waals surface area contributed by atoms with Crippen LogP contribution < -0.4 is 0 Å². The molecule has 1 spiro atoms. The van der Waals surface area contributed by atoms with Gasteiger partial charge in [0.25, 0.3) is 0 Å². The van der Waals surface area contributed by atoms with E-state index in [9.17, 15) is 0 Å². The van der Waals surface area contributed by atoms with Crippen LogP contribution in [-0.2, 0) is 10.8 Å². The van der Waals surface area contributed by atoms with E-state index in [0.29, 0.717) is 0 Å². The van der Waals surface area contributed by atoms with Crippen molar-refractivity contribution in [2.45, 2.75) is 10.8 Å². The van der Waals surface area contributed by atoms with Crippen LogP contribution in [0.1, 0.15) is 44.5 Å². The van der Waals surface area contributed by atoms with E-state index in [0.717, 1.165) is 0 Å². The molecule has 13 rings (SSSR count). The molecule has 1 aromatic heterocycles. The molecule has 0 N–H and O–H groups in total. The Kier molecular flexibility index (Phi) is 6.09. The first kappa shape index (κ1) is 31.0. The first-order chi connectivity index (χ1) is 28.3. The highest BCUT2D eigenvalue weighted by atomic mass is 15.0. The fourth-order valence-electron chi connectivity index (χ4n) is 11.5. The third-order valence-corrected chi connectivity index (χ3v) is 13.5. The van der Waals surface area contributed by atoms with Gasteiger partial charge in [-0.05, 0) is 108 Å². The molecule has 0 radical (unpaired) electrons. The predicted molar refractivity (Wildman–Crippen MR) is 234 cm³/mol. The molecule has 1 nitrogen and oxygen atoms in total. The van der Waals surface area contributed by atoms with Gasteiger partial charge in [-0.2, -0.15) is 0 Å². The lowest BCUT2D eigenvalue weighted by atomic mass is 9.52. The van der Waals surface area contributed by atoms with Gasteiger partial charge in [0, 0.05) is 16.5 Å². The molecular formula is C56H35N. The molecule has 0 amide bonds. The van der Waals surface area contributed by atoms with Crippen molar-refractivity contribution in [3.63, 3.8) is 0 Å². The van der Waals surface area contributed by atoms with Crippen molar-refractivity contribution in [2.75, 3.05) is 0 Å². The van der Waals surface area contributed by atoms with E-state index in [1.807, 2.05) is 0 Å². The van der Waals surface area contributed by atoms with Gasteiger partial charge in [0.05, 0.1) is 21.9 Å². The van der Waals surface area contributed by atoms with Crippen LogP contribution in [0.5, 0.6) is 0 Å². The molecule has 3 aliphatic carbocycles. The number of rotatable bonds is 3. The minimum atomic E-state index is -0.516. The molecular weight excluding hydrogens is 687 g/mol. The van der Waals surface area contributed by atoms with Crippen LogP contribution in [0.2, 0.25) is 0 Å². The van der Waals surface area contributed by atoms with Crippen molar-refractivity contribution in [2.24, 2.45) is 0 Å². The average molecular weight is 722 g/mol. The fraction of sp³-hybridized carbons (Fsp3) is 0.0357. The molecule has 0 fully saturated rings. The van der Waals surface area contributed by atoms with Crippen molar-refractivity contribution in [1.82, 2.24) is 4.57 Å². The summed E-state index contributed by atoms with van der Waals surface area (Å²) in [5.74, 6) is 0. The van der Waals surface area contributed by atoms with Crippen LogP contribution in [0, 0.1) is 0 Å². The van der Waals surface area contributed by atoms with Gasteiger partial charge in [-0.25, -0.2) is 0 Å². The quantitative estimate of drug-likeness (QED) is 0.171. The summed E-state index contributed by atoms with van der Waals surface area (Å²) in [5, 5.41) is 2.53. The van der Waals surface area contributed by atoms with Crippen molar-refractivity contribution in [3.8, 4) is 39.1 Å². The van der Waals surface area contributed by atoms with E-state index < -0.39 is 10.8 Å². The van der Waals surface area contributed by atoms with Gasteiger partial charge in [-0.3, -0.25) is 0 Å². The smallest absolute Gasteiger partial charge is 0.0720 e. The lowest BCUT2D eigenvalue weighted by Crippen LogP contribution is -2.43. The molecule has 0 saturated heterocycles. The van der Waals surface area contributed by atoms with E-state index in [1.54, 1.807) is 0 Å². The van der Waals surface area contributed by atoms with E-state index >= 15 is 0 Å². The van der Waals surface area contributed by atoms with E-state index in [-0.39, 0.29) is 0 Å². The molecule has 0 saturated carbocycles. The number of fused-ring (bicyclic) bond motifs is 15. The highest BCUT2D eigenvalue weighted by molar-refractivity contribution is 6.11. The Hall–Kier alpha value is -7.22. The van der Waals surface area contributed by atoms with Crippen LogP contribution in [0.15, 0.2) is 212 Å². The van der Waals surface area contributed by atoms with E-state index in [4.69, 9.17) is 0 Å². The summed E-state index contributed by atoms with van der Waals surface area (Å²) in [7, 11) is 0. The van der Waals surface area contributed by atoms with Crippen LogP contribution >= 0.6 is 0 Å². The summed E-state index contributed by atoms with van der Waals surface area (Å²) >= 11 is 0. The maximum atomic E-state index is 2.45. The first-order valence-electron chi connectivity index (χ1n) is 20.0. The Morgan fingerprint density at radius 1 is 0.316 bits per heavy atom. The Morgan fingerprint density at radius 3 is 1.65 bits per heavy atom. The Morgan fingerprint density at radius 2 is 0.860 bits per heavy atom.